The predicted octanol–water partition coefficient (Wildman–Crippen LogP) is 5.50. The molecule has 0 heterocycles. The molecule has 29 heavy (non-hydrogen) atoms. The number of anilines is 1. The Hall–Kier alpha value is -1.85. The van der Waals surface area contributed by atoms with E-state index in [0.29, 0.717) is 23.9 Å². The lowest BCUT2D eigenvalue weighted by molar-refractivity contribution is 0.377. The summed E-state index contributed by atoms with van der Waals surface area (Å²) >= 11 is 0. The number of nitrogens with one attached hydrogen (secondary N) is 2. The smallest absolute Gasteiger partial charge is 0.240 e. The van der Waals surface area contributed by atoms with Crippen LogP contribution in [-0.2, 0) is 23.0 Å². The number of hydrogen-bond donors (Lipinski definition) is 2. The van der Waals surface area contributed by atoms with Gasteiger partial charge in [0.1, 0.15) is 0 Å². The lowest BCUT2D eigenvalue weighted by Crippen LogP contribution is -2.23. The second kappa shape index (κ2) is 10.8. The van der Waals surface area contributed by atoms with Crippen LogP contribution in [0.25, 0.3) is 0 Å². The van der Waals surface area contributed by atoms with E-state index in [1.807, 2.05) is 24.3 Å². The van der Waals surface area contributed by atoms with E-state index in [2.05, 4.69) is 22.2 Å². The fourth-order valence-electron chi connectivity index (χ4n) is 4.19. The minimum Gasteiger partial charge on any atom is -0.381 e. The Labute approximate surface area is 176 Å². The van der Waals surface area contributed by atoms with Crippen LogP contribution in [-0.4, -0.2) is 15.0 Å². The lowest BCUT2D eigenvalue weighted by atomic mass is 9.86. The van der Waals surface area contributed by atoms with Crippen LogP contribution in [0.5, 0.6) is 0 Å². The molecular formula is C24H34N2O2S. The molecule has 1 fully saturated rings. The summed E-state index contributed by atoms with van der Waals surface area (Å²) in [6.07, 6.45) is 10.2. The first-order valence-electron chi connectivity index (χ1n) is 11.0. The highest BCUT2D eigenvalue weighted by Gasteiger charge is 2.18. The Morgan fingerprint density at radius 2 is 1.62 bits per heavy atom. The molecule has 158 valence electrons. The van der Waals surface area contributed by atoms with E-state index >= 15 is 0 Å². The summed E-state index contributed by atoms with van der Waals surface area (Å²) in [7, 11) is -3.47. The van der Waals surface area contributed by atoms with Crippen molar-refractivity contribution < 1.29 is 8.42 Å². The molecule has 1 aliphatic carbocycles. The van der Waals surface area contributed by atoms with E-state index in [4.69, 9.17) is 0 Å². The second-order valence-electron chi connectivity index (χ2n) is 8.07. The number of rotatable bonds is 8. The van der Waals surface area contributed by atoms with Crippen molar-refractivity contribution in [3.05, 3.63) is 59.7 Å². The van der Waals surface area contributed by atoms with Gasteiger partial charge in [-0.05, 0) is 35.6 Å². The summed E-state index contributed by atoms with van der Waals surface area (Å²) in [5.74, 6) is 0.684. The molecular weight excluding hydrogens is 380 g/mol. The van der Waals surface area contributed by atoms with Gasteiger partial charge in [0.25, 0.3) is 0 Å². The van der Waals surface area contributed by atoms with Gasteiger partial charge in [-0.2, -0.15) is 0 Å². The molecule has 4 nitrogen and oxygen atoms in total. The lowest BCUT2D eigenvalue weighted by Gasteiger charge is -2.22. The molecule has 0 saturated heterocycles. The zero-order valence-corrected chi connectivity index (χ0v) is 18.3. The zero-order valence-electron chi connectivity index (χ0n) is 17.5. The second-order valence-corrected chi connectivity index (χ2v) is 9.84. The topological polar surface area (TPSA) is 58.2 Å². The summed E-state index contributed by atoms with van der Waals surface area (Å²) in [5, 5.41) is 3.51. The van der Waals surface area contributed by atoms with Crippen LogP contribution in [0.2, 0.25) is 0 Å². The van der Waals surface area contributed by atoms with Gasteiger partial charge in [-0.15, -0.1) is 0 Å². The maximum atomic E-state index is 12.5. The SMILES string of the molecule is CCNS(=O)(=O)c1ccc(CC2CCCCCCC2)c(NCc2ccccc2)c1. The molecule has 1 aliphatic rings. The normalized spacial score (nSPS) is 16.2. The molecule has 1 saturated carbocycles. The molecule has 3 rings (SSSR count). The fraction of sp³-hybridized carbons (Fsp3) is 0.500. The van der Waals surface area contributed by atoms with E-state index < -0.39 is 10.0 Å². The average molecular weight is 415 g/mol. The molecule has 2 aromatic carbocycles. The standard InChI is InChI=1S/C24H34N2O2S/c1-2-26-29(27,28)23-16-15-22(17-20-11-7-4-3-5-8-12-20)24(18-23)25-19-21-13-9-6-10-14-21/h6,9-10,13-16,18,20,25-26H,2-5,7-8,11-12,17,19H2,1H3. The van der Waals surface area contributed by atoms with E-state index in [-0.39, 0.29) is 0 Å². The Morgan fingerprint density at radius 1 is 0.931 bits per heavy atom. The van der Waals surface area contributed by atoms with Crippen LogP contribution in [0, 0.1) is 5.92 Å². The zero-order chi connectivity index (χ0) is 20.5. The molecule has 0 bridgehead atoms. The molecule has 0 spiro atoms. The molecule has 0 aromatic heterocycles. The van der Waals surface area contributed by atoms with Crippen molar-refractivity contribution in [1.29, 1.82) is 0 Å². The largest absolute Gasteiger partial charge is 0.381 e. The number of sulfonamides is 1. The molecule has 0 amide bonds. The molecule has 0 unspecified atom stereocenters. The van der Waals surface area contributed by atoms with Crippen molar-refractivity contribution in [2.45, 2.75) is 69.7 Å². The average Bonchev–Trinajstić information content (AvgIpc) is 2.69. The van der Waals surface area contributed by atoms with Crippen molar-refractivity contribution in [1.82, 2.24) is 4.72 Å². The summed E-state index contributed by atoms with van der Waals surface area (Å²) in [6.45, 7) is 2.87. The summed E-state index contributed by atoms with van der Waals surface area (Å²) in [6, 6.07) is 15.8. The maximum absolute atomic E-state index is 12.5. The van der Waals surface area contributed by atoms with Crippen LogP contribution < -0.4 is 10.0 Å². The molecule has 0 atom stereocenters. The van der Waals surface area contributed by atoms with E-state index in [1.54, 1.807) is 19.1 Å². The Kier molecular flexibility index (Phi) is 8.13. The van der Waals surface area contributed by atoms with Crippen LogP contribution >= 0.6 is 0 Å². The van der Waals surface area contributed by atoms with E-state index in [0.717, 1.165) is 12.1 Å². The van der Waals surface area contributed by atoms with E-state index in [1.165, 1.54) is 56.1 Å². The summed E-state index contributed by atoms with van der Waals surface area (Å²) in [5.41, 5.74) is 3.35. The van der Waals surface area contributed by atoms with Gasteiger partial charge in [-0.3, -0.25) is 0 Å². The molecule has 2 N–H and O–H groups in total. The number of benzene rings is 2. The van der Waals surface area contributed by atoms with Crippen LogP contribution in [0.4, 0.5) is 5.69 Å². The first kappa shape index (κ1) is 21.8. The molecule has 5 heteroatoms. The van der Waals surface area contributed by atoms with Crippen molar-refractivity contribution in [3.63, 3.8) is 0 Å². The first-order chi connectivity index (χ1) is 14.1. The van der Waals surface area contributed by atoms with Gasteiger partial charge in [-0.1, -0.05) is 88.3 Å². The quantitative estimate of drug-likeness (QED) is 0.600. The van der Waals surface area contributed by atoms with Crippen molar-refractivity contribution in [2.24, 2.45) is 5.92 Å². The van der Waals surface area contributed by atoms with Crippen molar-refractivity contribution in [2.75, 3.05) is 11.9 Å². The van der Waals surface area contributed by atoms with Gasteiger partial charge in [0.2, 0.25) is 10.0 Å². The maximum Gasteiger partial charge on any atom is 0.240 e. The fourth-order valence-corrected chi connectivity index (χ4v) is 5.25. The van der Waals surface area contributed by atoms with Gasteiger partial charge in [-0.25, -0.2) is 13.1 Å². The van der Waals surface area contributed by atoms with Gasteiger partial charge < -0.3 is 5.32 Å². The van der Waals surface area contributed by atoms with Crippen LogP contribution in [0.3, 0.4) is 0 Å². The number of hydrogen-bond acceptors (Lipinski definition) is 3. The molecule has 0 radical (unpaired) electrons. The minimum atomic E-state index is -3.47. The Bertz CT molecular complexity index is 858. The molecule has 0 aliphatic heterocycles. The highest BCUT2D eigenvalue weighted by Crippen LogP contribution is 2.30. The van der Waals surface area contributed by atoms with E-state index in [9.17, 15) is 8.42 Å². The summed E-state index contributed by atoms with van der Waals surface area (Å²) in [4.78, 5) is 0.330. The highest BCUT2D eigenvalue weighted by molar-refractivity contribution is 7.89. The third-order valence-corrected chi connectivity index (χ3v) is 7.33. The van der Waals surface area contributed by atoms with Gasteiger partial charge in [0.15, 0.2) is 0 Å². The van der Waals surface area contributed by atoms with Crippen LogP contribution in [0.1, 0.15) is 63.0 Å². The highest BCUT2D eigenvalue weighted by atomic mass is 32.2. The van der Waals surface area contributed by atoms with Crippen molar-refractivity contribution >= 4 is 15.7 Å². The Morgan fingerprint density at radius 3 is 2.31 bits per heavy atom. The Balaban J connectivity index is 1.82. The monoisotopic (exact) mass is 414 g/mol. The third kappa shape index (κ3) is 6.58. The van der Waals surface area contributed by atoms with Gasteiger partial charge in [0, 0.05) is 18.8 Å². The minimum absolute atomic E-state index is 0.330. The van der Waals surface area contributed by atoms with Gasteiger partial charge >= 0.3 is 0 Å². The van der Waals surface area contributed by atoms with Crippen LogP contribution in [0.15, 0.2) is 53.4 Å². The predicted molar refractivity (Wildman–Crippen MR) is 121 cm³/mol. The first-order valence-corrected chi connectivity index (χ1v) is 12.5. The molecule has 2 aromatic rings. The summed E-state index contributed by atoms with van der Waals surface area (Å²) < 4.78 is 27.6. The third-order valence-electron chi connectivity index (χ3n) is 5.79. The van der Waals surface area contributed by atoms with Gasteiger partial charge in [0.05, 0.1) is 4.90 Å². The van der Waals surface area contributed by atoms with Crippen molar-refractivity contribution in [3.8, 4) is 0 Å².